The van der Waals surface area contributed by atoms with Crippen molar-refractivity contribution in [2.45, 2.75) is 32.2 Å². The average molecular weight is 297 g/mol. The molecule has 1 heterocycles. The molecule has 9 nitrogen and oxygen atoms in total. The summed E-state index contributed by atoms with van der Waals surface area (Å²) >= 11 is 0. The van der Waals surface area contributed by atoms with Crippen LogP contribution in [0.15, 0.2) is 10.9 Å². The van der Waals surface area contributed by atoms with Crippen molar-refractivity contribution in [3.63, 3.8) is 0 Å². The van der Waals surface area contributed by atoms with Crippen molar-refractivity contribution in [3.05, 3.63) is 22.1 Å². The van der Waals surface area contributed by atoms with Gasteiger partial charge in [-0.25, -0.2) is 4.79 Å². The van der Waals surface area contributed by atoms with Gasteiger partial charge in [0, 0.05) is 18.3 Å². The first-order chi connectivity index (χ1) is 9.88. The Kier molecular flexibility index (Phi) is 6.34. The molecule has 6 N–H and O–H groups in total. The molecule has 1 aromatic heterocycles. The summed E-state index contributed by atoms with van der Waals surface area (Å²) in [5, 5.41) is 13.6. The lowest BCUT2D eigenvalue weighted by Crippen LogP contribution is -2.32. The second-order valence-electron chi connectivity index (χ2n) is 4.57. The topological polar surface area (TPSA) is 150 Å². The Morgan fingerprint density at radius 3 is 2.81 bits per heavy atom. The molecule has 21 heavy (non-hydrogen) atoms. The Morgan fingerprint density at radius 1 is 1.48 bits per heavy atom. The summed E-state index contributed by atoms with van der Waals surface area (Å²) < 4.78 is 0. The standard InChI is InChI=1S/C12H19N5O4/c1-7-6-9(18)16-11(15-7)17-12(21)14-5-3-2-4-8(13)10(19)20/h6,8H,2-5,13H2,1H3,(H,19,20)(H3,14,15,16,17,18,21)/t8-/m0/s1. The molecule has 0 aliphatic heterocycles. The number of nitrogens with zero attached hydrogens (tertiary/aromatic N) is 1. The number of amides is 2. The number of carbonyl (C=O) groups is 2. The van der Waals surface area contributed by atoms with E-state index < -0.39 is 23.6 Å². The van der Waals surface area contributed by atoms with E-state index in [2.05, 4.69) is 20.6 Å². The zero-order chi connectivity index (χ0) is 15.8. The molecule has 1 aromatic rings. The van der Waals surface area contributed by atoms with E-state index in [0.29, 0.717) is 31.5 Å². The van der Waals surface area contributed by atoms with Crippen LogP contribution in [0.3, 0.4) is 0 Å². The van der Waals surface area contributed by atoms with Crippen molar-refractivity contribution in [2.24, 2.45) is 5.73 Å². The van der Waals surface area contributed by atoms with Gasteiger partial charge in [-0.2, -0.15) is 4.98 Å². The quantitative estimate of drug-likeness (QED) is 0.439. The number of anilines is 1. The van der Waals surface area contributed by atoms with E-state index in [-0.39, 0.29) is 5.95 Å². The smallest absolute Gasteiger partial charge is 0.321 e. The first-order valence-electron chi connectivity index (χ1n) is 6.49. The van der Waals surface area contributed by atoms with Crippen LogP contribution in [0.5, 0.6) is 0 Å². The molecule has 0 aliphatic rings. The molecular weight excluding hydrogens is 278 g/mol. The number of aryl methyl sites for hydroxylation is 1. The summed E-state index contributed by atoms with van der Waals surface area (Å²) in [5.41, 5.74) is 5.50. The SMILES string of the molecule is Cc1cc(=O)nc(NC(=O)NCCCC[C@H](N)C(=O)O)[nH]1. The van der Waals surface area contributed by atoms with Crippen LogP contribution in [0.2, 0.25) is 0 Å². The summed E-state index contributed by atoms with van der Waals surface area (Å²) in [5.74, 6) is -0.958. The number of nitrogens with two attached hydrogens (primary N) is 1. The van der Waals surface area contributed by atoms with Crippen molar-refractivity contribution < 1.29 is 14.7 Å². The number of carboxylic acid groups (broad SMARTS) is 1. The number of H-pyrrole nitrogens is 1. The third-order valence-corrected chi connectivity index (χ3v) is 2.65. The third-order valence-electron chi connectivity index (χ3n) is 2.65. The van der Waals surface area contributed by atoms with E-state index in [1.165, 1.54) is 6.07 Å². The van der Waals surface area contributed by atoms with Crippen LogP contribution in [-0.4, -0.2) is 39.7 Å². The van der Waals surface area contributed by atoms with Gasteiger partial charge >= 0.3 is 12.0 Å². The number of nitrogens with one attached hydrogen (secondary N) is 3. The normalized spacial score (nSPS) is 11.7. The number of aliphatic carboxylic acids is 1. The molecule has 0 spiro atoms. The van der Waals surface area contributed by atoms with Crippen LogP contribution in [0, 0.1) is 6.92 Å². The Morgan fingerprint density at radius 2 is 2.19 bits per heavy atom. The fourth-order valence-corrected chi connectivity index (χ4v) is 1.60. The Bertz CT molecular complexity index is 557. The van der Waals surface area contributed by atoms with Crippen LogP contribution in [0.1, 0.15) is 25.0 Å². The molecule has 0 aromatic carbocycles. The molecule has 116 valence electrons. The minimum Gasteiger partial charge on any atom is -0.480 e. The van der Waals surface area contributed by atoms with E-state index in [9.17, 15) is 14.4 Å². The number of carbonyl (C=O) groups excluding carboxylic acids is 1. The summed E-state index contributed by atoms with van der Waals surface area (Å²) in [7, 11) is 0. The molecule has 0 fully saturated rings. The number of hydrogen-bond acceptors (Lipinski definition) is 5. The van der Waals surface area contributed by atoms with E-state index in [4.69, 9.17) is 10.8 Å². The van der Waals surface area contributed by atoms with Crippen LogP contribution in [0.4, 0.5) is 10.7 Å². The molecular formula is C12H19N5O4. The molecule has 1 atom stereocenters. The van der Waals surface area contributed by atoms with Gasteiger partial charge in [0.05, 0.1) is 0 Å². The van der Waals surface area contributed by atoms with Gasteiger partial charge in [-0.1, -0.05) is 0 Å². The number of carboxylic acids is 1. The van der Waals surface area contributed by atoms with Gasteiger partial charge < -0.3 is 21.1 Å². The lowest BCUT2D eigenvalue weighted by atomic mass is 10.1. The zero-order valence-corrected chi connectivity index (χ0v) is 11.7. The number of hydrogen-bond donors (Lipinski definition) is 5. The van der Waals surface area contributed by atoms with Gasteiger partial charge in [-0.15, -0.1) is 0 Å². The van der Waals surface area contributed by atoms with Crippen LogP contribution in [-0.2, 0) is 4.79 Å². The Hall–Kier alpha value is -2.42. The molecule has 1 rings (SSSR count). The van der Waals surface area contributed by atoms with Gasteiger partial charge in [0.15, 0.2) is 0 Å². The summed E-state index contributed by atoms with van der Waals surface area (Å²) in [6, 6.07) is -0.0546. The van der Waals surface area contributed by atoms with Gasteiger partial charge in [0.2, 0.25) is 5.95 Å². The second kappa shape index (κ2) is 8.00. The summed E-state index contributed by atoms with van der Waals surface area (Å²) in [4.78, 5) is 39.5. The molecule has 0 bridgehead atoms. The van der Waals surface area contributed by atoms with Crippen molar-refractivity contribution in [2.75, 3.05) is 11.9 Å². The van der Waals surface area contributed by atoms with Crippen molar-refractivity contribution in [1.29, 1.82) is 0 Å². The first-order valence-corrected chi connectivity index (χ1v) is 6.49. The largest absolute Gasteiger partial charge is 0.480 e. The molecule has 0 unspecified atom stereocenters. The van der Waals surface area contributed by atoms with Crippen LogP contribution < -0.4 is 21.9 Å². The second-order valence-corrected chi connectivity index (χ2v) is 4.57. The number of aromatic nitrogens is 2. The average Bonchev–Trinajstić information content (AvgIpc) is 2.36. The third kappa shape index (κ3) is 6.52. The minimum atomic E-state index is -1.03. The highest BCUT2D eigenvalue weighted by molar-refractivity contribution is 5.87. The minimum absolute atomic E-state index is 0.0744. The highest BCUT2D eigenvalue weighted by Gasteiger charge is 2.10. The summed E-state index contributed by atoms with van der Waals surface area (Å²) in [6.07, 6.45) is 1.55. The maximum atomic E-state index is 11.5. The lowest BCUT2D eigenvalue weighted by molar-refractivity contribution is -0.138. The van der Waals surface area contributed by atoms with Gasteiger partial charge in [0.25, 0.3) is 5.56 Å². The fourth-order valence-electron chi connectivity index (χ4n) is 1.60. The molecule has 0 saturated heterocycles. The van der Waals surface area contributed by atoms with E-state index in [0.717, 1.165) is 0 Å². The van der Waals surface area contributed by atoms with Crippen molar-refractivity contribution in [3.8, 4) is 0 Å². The van der Waals surface area contributed by atoms with Crippen molar-refractivity contribution in [1.82, 2.24) is 15.3 Å². The van der Waals surface area contributed by atoms with E-state index >= 15 is 0 Å². The summed E-state index contributed by atoms with van der Waals surface area (Å²) in [6.45, 7) is 2.05. The molecule has 2 amide bonds. The highest BCUT2D eigenvalue weighted by atomic mass is 16.4. The fraction of sp³-hybridized carbons (Fsp3) is 0.500. The van der Waals surface area contributed by atoms with Gasteiger partial charge in [0.1, 0.15) is 6.04 Å². The monoisotopic (exact) mass is 297 g/mol. The molecule has 0 saturated carbocycles. The predicted octanol–water partition coefficient (Wildman–Crippen LogP) is -0.218. The number of urea groups is 1. The maximum Gasteiger partial charge on any atom is 0.321 e. The zero-order valence-electron chi connectivity index (χ0n) is 11.7. The van der Waals surface area contributed by atoms with E-state index in [1.807, 2.05) is 0 Å². The van der Waals surface area contributed by atoms with E-state index in [1.54, 1.807) is 6.92 Å². The van der Waals surface area contributed by atoms with Crippen LogP contribution >= 0.6 is 0 Å². The molecule has 0 aliphatic carbocycles. The van der Waals surface area contributed by atoms with Crippen LogP contribution in [0.25, 0.3) is 0 Å². The highest BCUT2D eigenvalue weighted by Crippen LogP contribution is 1.99. The molecule has 0 radical (unpaired) electrons. The molecule has 9 heteroatoms. The Balaban J connectivity index is 2.25. The lowest BCUT2D eigenvalue weighted by Gasteiger charge is -2.08. The number of rotatable bonds is 7. The number of aromatic amines is 1. The van der Waals surface area contributed by atoms with Crippen molar-refractivity contribution >= 4 is 17.9 Å². The maximum absolute atomic E-state index is 11.5. The Labute approximate surface area is 121 Å². The van der Waals surface area contributed by atoms with Gasteiger partial charge in [-0.3, -0.25) is 14.9 Å². The predicted molar refractivity (Wildman–Crippen MR) is 76.1 cm³/mol. The first kappa shape index (κ1) is 16.6. The van der Waals surface area contributed by atoms with Gasteiger partial charge in [-0.05, 0) is 26.2 Å². The number of unbranched alkanes of at least 4 members (excludes halogenated alkanes) is 1.